The fraction of sp³-hybridized carbons (Fsp3) is 0.143. The zero-order valence-corrected chi connectivity index (χ0v) is 11.0. The van der Waals surface area contributed by atoms with Gasteiger partial charge >= 0.3 is 0 Å². The highest BCUT2D eigenvalue weighted by molar-refractivity contribution is 5.55. The molecule has 0 fully saturated rings. The van der Waals surface area contributed by atoms with E-state index in [0.717, 1.165) is 5.69 Å². The second kappa shape index (κ2) is 5.68. The van der Waals surface area contributed by atoms with E-state index >= 15 is 0 Å². The molecule has 0 bridgehead atoms. The number of nitrogens with zero attached hydrogens (tertiary/aromatic N) is 1. The number of para-hydroxylation sites is 1. The van der Waals surface area contributed by atoms with Gasteiger partial charge in [0.1, 0.15) is 0 Å². The van der Waals surface area contributed by atoms with E-state index < -0.39 is 4.92 Å². The van der Waals surface area contributed by atoms with Crippen LogP contribution in [0.25, 0.3) is 0 Å². The SMILES string of the molecule is O=[N+]([O-])c1cc2c(cc1CNNc1ccccc1)OCO2. The van der Waals surface area contributed by atoms with Crippen LogP contribution in [0.1, 0.15) is 5.56 Å². The summed E-state index contributed by atoms with van der Waals surface area (Å²) in [6.07, 6.45) is 0. The zero-order valence-electron chi connectivity index (χ0n) is 11.0. The van der Waals surface area contributed by atoms with E-state index in [1.54, 1.807) is 6.07 Å². The Labute approximate surface area is 120 Å². The summed E-state index contributed by atoms with van der Waals surface area (Å²) >= 11 is 0. The lowest BCUT2D eigenvalue weighted by Crippen LogP contribution is -2.21. The molecule has 2 aromatic carbocycles. The molecule has 0 spiro atoms. The molecule has 7 nitrogen and oxygen atoms in total. The van der Waals surface area contributed by atoms with Crippen molar-refractivity contribution >= 4 is 11.4 Å². The van der Waals surface area contributed by atoms with Gasteiger partial charge in [-0.3, -0.25) is 10.1 Å². The first-order valence-electron chi connectivity index (χ1n) is 6.35. The number of hydrazine groups is 1. The van der Waals surface area contributed by atoms with Crippen LogP contribution < -0.4 is 20.3 Å². The number of fused-ring (bicyclic) bond motifs is 1. The fourth-order valence-electron chi connectivity index (χ4n) is 2.05. The highest BCUT2D eigenvalue weighted by atomic mass is 16.7. The molecule has 0 atom stereocenters. The van der Waals surface area contributed by atoms with Crippen molar-refractivity contribution in [2.75, 3.05) is 12.2 Å². The quantitative estimate of drug-likeness (QED) is 0.649. The number of hydrogen-bond acceptors (Lipinski definition) is 6. The summed E-state index contributed by atoms with van der Waals surface area (Å²) < 4.78 is 10.4. The Hall–Kier alpha value is -2.80. The first-order chi connectivity index (χ1) is 10.2. The summed E-state index contributed by atoms with van der Waals surface area (Å²) in [4.78, 5) is 10.7. The molecule has 21 heavy (non-hydrogen) atoms. The molecule has 1 aliphatic rings. The Morgan fingerprint density at radius 2 is 1.86 bits per heavy atom. The molecule has 1 aliphatic heterocycles. The minimum Gasteiger partial charge on any atom is -0.454 e. The number of ether oxygens (including phenoxy) is 2. The van der Waals surface area contributed by atoms with Gasteiger partial charge in [-0.25, -0.2) is 5.43 Å². The lowest BCUT2D eigenvalue weighted by Gasteiger charge is -2.09. The van der Waals surface area contributed by atoms with E-state index in [0.29, 0.717) is 17.1 Å². The Morgan fingerprint density at radius 1 is 1.14 bits per heavy atom. The third-order valence-electron chi connectivity index (χ3n) is 3.06. The number of benzene rings is 2. The average molecular weight is 287 g/mol. The average Bonchev–Trinajstić information content (AvgIpc) is 2.94. The van der Waals surface area contributed by atoms with E-state index in [-0.39, 0.29) is 19.0 Å². The van der Waals surface area contributed by atoms with Crippen molar-refractivity contribution < 1.29 is 14.4 Å². The number of hydrogen-bond donors (Lipinski definition) is 2. The summed E-state index contributed by atoms with van der Waals surface area (Å²) in [6.45, 7) is 0.369. The molecule has 0 saturated heterocycles. The second-order valence-electron chi connectivity index (χ2n) is 4.44. The van der Waals surface area contributed by atoms with Crippen molar-refractivity contribution in [2.45, 2.75) is 6.54 Å². The lowest BCUT2D eigenvalue weighted by molar-refractivity contribution is -0.385. The predicted octanol–water partition coefficient (Wildman–Crippen LogP) is 2.44. The van der Waals surface area contributed by atoms with Crippen LogP contribution >= 0.6 is 0 Å². The minimum absolute atomic E-state index is 0.00149. The topological polar surface area (TPSA) is 85.7 Å². The van der Waals surface area contributed by atoms with E-state index in [1.807, 2.05) is 30.3 Å². The number of anilines is 1. The Balaban J connectivity index is 1.74. The number of rotatable bonds is 5. The van der Waals surface area contributed by atoms with Crippen LogP contribution in [0.2, 0.25) is 0 Å². The predicted molar refractivity (Wildman–Crippen MR) is 76.1 cm³/mol. The van der Waals surface area contributed by atoms with Gasteiger partial charge in [-0.15, -0.1) is 0 Å². The Morgan fingerprint density at radius 3 is 2.57 bits per heavy atom. The maximum absolute atomic E-state index is 11.1. The van der Waals surface area contributed by atoms with Crippen molar-refractivity contribution in [3.63, 3.8) is 0 Å². The third kappa shape index (κ3) is 2.87. The first kappa shape index (κ1) is 13.2. The van der Waals surface area contributed by atoms with E-state index in [9.17, 15) is 10.1 Å². The number of nitro groups is 1. The van der Waals surface area contributed by atoms with Gasteiger partial charge in [0.2, 0.25) is 6.79 Å². The minimum atomic E-state index is -0.429. The largest absolute Gasteiger partial charge is 0.454 e. The second-order valence-corrected chi connectivity index (χ2v) is 4.44. The molecule has 1 heterocycles. The van der Waals surface area contributed by atoms with Gasteiger partial charge in [-0.05, 0) is 18.2 Å². The number of nitrogens with one attached hydrogen (secondary N) is 2. The molecule has 2 N–H and O–H groups in total. The maximum atomic E-state index is 11.1. The molecule has 2 aromatic rings. The Kier molecular flexibility index (Phi) is 3.57. The molecular weight excluding hydrogens is 274 g/mol. The van der Waals surface area contributed by atoms with Crippen molar-refractivity contribution in [3.8, 4) is 11.5 Å². The molecule has 108 valence electrons. The molecule has 0 saturated carbocycles. The highest BCUT2D eigenvalue weighted by Crippen LogP contribution is 2.37. The van der Waals surface area contributed by atoms with Gasteiger partial charge in [0, 0.05) is 17.8 Å². The molecule has 0 amide bonds. The van der Waals surface area contributed by atoms with E-state index in [4.69, 9.17) is 9.47 Å². The highest BCUT2D eigenvalue weighted by Gasteiger charge is 2.22. The van der Waals surface area contributed by atoms with Crippen LogP contribution in [0.4, 0.5) is 11.4 Å². The summed E-state index contributed by atoms with van der Waals surface area (Å²) in [5.41, 5.74) is 7.33. The zero-order chi connectivity index (χ0) is 14.7. The van der Waals surface area contributed by atoms with Crippen LogP contribution in [-0.2, 0) is 6.54 Å². The summed E-state index contributed by atoms with van der Waals surface area (Å²) in [5, 5.41) is 11.1. The van der Waals surface area contributed by atoms with Gasteiger partial charge in [0.05, 0.1) is 11.0 Å². The summed E-state index contributed by atoms with van der Waals surface area (Å²) in [6, 6.07) is 12.5. The van der Waals surface area contributed by atoms with Gasteiger partial charge in [0.25, 0.3) is 5.69 Å². The molecule has 7 heteroatoms. The first-order valence-corrected chi connectivity index (χ1v) is 6.35. The van der Waals surface area contributed by atoms with Crippen molar-refractivity contribution in [1.29, 1.82) is 0 Å². The summed E-state index contributed by atoms with van der Waals surface area (Å²) in [7, 11) is 0. The smallest absolute Gasteiger partial charge is 0.277 e. The maximum Gasteiger partial charge on any atom is 0.277 e. The molecular formula is C14H13N3O4. The molecule has 0 radical (unpaired) electrons. The van der Waals surface area contributed by atoms with Crippen LogP contribution in [-0.4, -0.2) is 11.7 Å². The van der Waals surface area contributed by atoms with Crippen LogP contribution in [0, 0.1) is 10.1 Å². The van der Waals surface area contributed by atoms with Crippen molar-refractivity contribution in [1.82, 2.24) is 5.43 Å². The van der Waals surface area contributed by atoms with Gasteiger partial charge in [-0.1, -0.05) is 18.2 Å². The normalized spacial score (nSPS) is 12.2. The van der Waals surface area contributed by atoms with E-state index in [1.165, 1.54) is 6.07 Å². The van der Waals surface area contributed by atoms with E-state index in [2.05, 4.69) is 10.9 Å². The molecule has 0 unspecified atom stereocenters. The van der Waals surface area contributed by atoms with Crippen LogP contribution in [0.5, 0.6) is 11.5 Å². The molecule has 3 rings (SSSR count). The Bertz CT molecular complexity index is 661. The van der Waals surface area contributed by atoms with Crippen molar-refractivity contribution in [3.05, 3.63) is 58.1 Å². The van der Waals surface area contributed by atoms with Gasteiger partial charge in [-0.2, -0.15) is 0 Å². The van der Waals surface area contributed by atoms with Gasteiger partial charge < -0.3 is 14.9 Å². The molecule has 0 aromatic heterocycles. The lowest BCUT2D eigenvalue weighted by atomic mass is 10.1. The number of nitro benzene ring substituents is 1. The van der Waals surface area contributed by atoms with Crippen LogP contribution in [0.3, 0.4) is 0 Å². The van der Waals surface area contributed by atoms with Crippen LogP contribution in [0.15, 0.2) is 42.5 Å². The monoisotopic (exact) mass is 287 g/mol. The fourth-order valence-corrected chi connectivity index (χ4v) is 2.05. The van der Waals surface area contributed by atoms with Gasteiger partial charge in [0.15, 0.2) is 11.5 Å². The summed E-state index contributed by atoms with van der Waals surface area (Å²) in [5.74, 6) is 0.929. The molecule has 0 aliphatic carbocycles. The van der Waals surface area contributed by atoms with Crippen molar-refractivity contribution in [2.24, 2.45) is 0 Å². The standard InChI is InChI=1S/C14H13N3O4/c18-17(19)12-7-14-13(20-9-21-14)6-10(12)8-15-16-11-4-2-1-3-5-11/h1-7,15-16H,8-9H2. The third-order valence-corrected chi connectivity index (χ3v) is 3.06.